The molecule has 7 heteroatoms. The monoisotopic (exact) mass is 336 g/mol. The van der Waals surface area contributed by atoms with Gasteiger partial charge in [0, 0.05) is 18.7 Å². The molecule has 0 radical (unpaired) electrons. The summed E-state index contributed by atoms with van der Waals surface area (Å²) >= 11 is 0. The maximum absolute atomic E-state index is 13.2. The first-order valence-electron chi connectivity index (χ1n) is 6.99. The number of halogens is 1. The molecule has 0 saturated carbocycles. The van der Waals surface area contributed by atoms with Gasteiger partial charge < -0.3 is 5.32 Å². The molecule has 0 saturated heterocycles. The number of hydrogen-bond acceptors (Lipinski definition) is 3. The average Bonchev–Trinajstić information content (AvgIpc) is 2.51. The molecule has 1 amide bonds. The third-order valence-electron chi connectivity index (χ3n) is 3.17. The van der Waals surface area contributed by atoms with Crippen LogP contribution < -0.4 is 10.0 Å². The third kappa shape index (κ3) is 4.87. The van der Waals surface area contributed by atoms with Crippen molar-refractivity contribution in [3.05, 3.63) is 59.9 Å². The molecule has 0 fully saturated rings. The van der Waals surface area contributed by atoms with Crippen LogP contribution in [0.1, 0.15) is 12.0 Å². The van der Waals surface area contributed by atoms with Crippen molar-refractivity contribution in [1.29, 1.82) is 0 Å². The molecule has 0 unspecified atom stereocenters. The lowest BCUT2D eigenvalue weighted by atomic mass is 10.2. The van der Waals surface area contributed by atoms with Crippen molar-refractivity contribution in [2.45, 2.75) is 18.2 Å². The summed E-state index contributed by atoms with van der Waals surface area (Å²) in [7, 11) is -3.63. The second-order valence-corrected chi connectivity index (χ2v) is 6.74. The van der Waals surface area contributed by atoms with Crippen molar-refractivity contribution in [1.82, 2.24) is 4.72 Å². The van der Waals surface area contributed by atoms with Crippen molar-refractivity contribution in [3.8, 4) is 0 Å². The quantitative estimate of drug-likeness (QED) is 0.851. The number of nitrogens with one attached hydrogen (secondary N) is 2. The molecule has 0 aromatic heterocycles. The van der Waals surface area contributed by atoms with E-state index in [-0.39, 0.29) is 17.9 Å². The van der Waals surface area contributed by atoms with Crippen LogP contribution in [0.15, 0.2) is 53.4 Å². The molecule has 23 heavy (non-hydrogen) atoms. The van der Waals surface area contributed by atoms with Crippen molar-refractivity contribution in [2.75, 3.05) is 11.9 Å². The first kappa shape index (κ1) is 17.1. The molecule has 0 atom stereocenters. The average molecular weight is 336 g/mol. The zero-order valence-corrected chi connectivity index (χ0v) is 13.4. The van der Waals surface area contributed by atoms with E-state index in [0.29, 0.717) is 5.69 Å². The highest BCUT2D eigenvalue weighted by atomic mass is 32.2. The van der Waals surface area contributed by atoms with E-state index in [0.717, 1.165) is 5.56 Å². The minimum Gasteiger partial charge on any atom is -0.326 e. The van der Waals surface area contributed by atoms with Crippen molar-refractivity contribution >= 4 is 21.6 Å². The largest absolute Gasteiger partial charge is 0.326 e. The van der Waals surface area contributed by atoms with E-state index in [1.54, 1.807) is 31.2 Å². The van der Waals surface area contributed by atoms with Crippen LogP contribution in [0.25, 0.3) is 0 Å². The van der Waals surface area contributed by atoms with Gasteiger partial charge in [-0.1, -0.05) is 24.3 Å². The van der Waals surface area contributed by atoms with Gasteiger partial charge in [0.05, 0.1) is 4.90 Å². The second kappa shape index (κ2) is 7.34. The van der Waals surface area contributed by atoms with Gasteiger partial charge in [0.2, 0.25) is 15.9 Å². The van der Waals surface area contributed by atoms with E-state index in [2.05, 4.69) is 10.0 Å². The Morgan fingerprint density at radius 2 is 1.83 bits per heavy atom. The number of rotatable bonds is 6. The number of anilines is 1. The summed E-state index contributed by atoms with van der Waals surface area (Å²) in [6.07, 6.45) is -0.0536. The fraction of sp³-hybridized carbons (Fsp3) is 0.188. The van der Waals surface area contributed by atoms with Gasteiger partial charge in [-0.2, -0.15) is 0 Å². The zero-order chi connectivity index (χ0) is 16.9. The first-order chi connectivity index (χ1) is 10.9. The summed E-state index contributed by atoms with van der Waals surface area (Å²) in [6.45, 7) is 1.70. The normalized spacial score (nSPS) is 11.2. The fourth-order valence-corrected chi connectivity index (χ4v) is 2.98. The number of benzene rings is 2. The Labute approximate surface area is 134 Å². The number of sulfonamides is 1. The van der Waals surface area contributed by atoms with Gasteiger partial charge >= 0.3 is 0 Å². The first-order valence-corrected chi connectivity index (χ1v) is 8.47. The van der Waals surface area contributed by atoms with Gasteiger partial charge in [-0.3, -0.25) is 4.79 Å². The predicted octanol–water partition coefficient (Wildman–Crippen LogP) is 2.44. The maximum atomic E-state index is 13.2. The van der Waals surface area contributed by atoms with E-state index >= 15 is 0 Å². The Morgan fingerprint density at radius 1 is 1.13 bits per heavy atom. The number of carbonyl (C=O) groups is 1. The van der Waals surface area contributed by atoms with Crippen molar-refractivity contribution < 1.29 is 17.6 Å². The molecule has 2 aromatic rings. The van der Waals surface area contributed by atoms with Gasteiger partial charge in [0.15, 0.2) is 0 Å². The highest BCUT2D eigenvalue weighted by Gasteiger charge is 2.13. The van der Waals surface area contributed by atoms with E-state index in [9.17, 15) is 17.6 Å². The third-order valence-corrected chi connectivity index (χ3v) is 4.65. The van der Waals surface area contributed by atoms with Crippen molar-refractivity contribution in [2.24, 2.45) is 0 Å². The van der Waals surface area contributed by atoms with Crippen LogP contribution in [0.4, 0.5) is 10.1 Å². The highest BCUT2D eigenvalue weighted by molar-refractivity contribution is 7.89. The van der Waals surface area contributed by atoms with Crippen LogP contribution in [0.2, 0.25) is 0 Å². The van der Waals surface area contributed by atoms with Gasteiger partial charge in [-0.05, 0) is 36.8 Å². The molecule has 0 aliphatic rings. The van der Waals surface area contributed by atoms with Crippen LogP contribution in [-0.4, -0.2) is 20.9 Å². The molecule has 0 heterocycles. The SMILES string of the molecule is Cc1ccc(F)cc1NC(=O)CCNS(=O)(=O)c1ccccc1. The summed E-state index contributed by atoms with van der Waals surface area (Å²) in [6, 6.07) is 12.0. The summed E-state index contributed by atoms with van der Waals surface area (Å²) in [4.78, 5) is 12.0. The lowest BCUT2D eigenvalue weighted by Gasteiger charge is -2.09. The molecule has 122 valence electrons. The van der Waals surface area contributed by atoms with E-state index < -0.39 is 21.7 Å². The molecule has 0 aliphatic heterocycles. The lowest BCUT2D eigenvalue weighted by molar-refractivity contribution is -0.116. The minimum absolute atomic E-state index is 0.0442. The van der Waals surface area contributed by atoms with Gasteiger partial charge in [0.25, 0.3) is 0 Å². The Balaban J connectivity index is 1.89. The molecule has 2 N–H and O–H groups in total. The molecule has 2 rings (SSSR count). The smallest absolute Gasteiger partial charge is 0.240 e. The van der Waals surface area contributed by atoms with Crippen molar-refractivity contribution in [3.63, 3.8) is 0 Å². The minimum atomic E-state index is -3.63. The summed E-state index contributed by atoms with van der Waals surface area (Å²) < 4.78 is 39.5. The topological polar surface area (TPSA) is 75.3 Å². The maximum Gasteiger partial charge on any atom is 0.240 e. The molecular formula is C16H17FN2O3S. The molecule has 5 nitrogen and oxygen atoms in total. The molecular weight excluding hydrogens is 319 g/mol. The summed E-state index contributed by atoms with van der Waals surface area (Å²) in [5.41, 5.74) is 1.10. The Bertz CT molecular complexity index is 792. The van der Waals surface area contributed by atoms with Crippen LogP contribution in [0.3, 0.4) is 0 Å². The Kier molecular flexibility index (Phi) is 5.46. The zero-order valence-electron chi connectivity index (χ0n) is 12.5. The highest BCUT2D eigenvalue weighted by Crippen LogP contribution is 2.16. The van der Waals surface area contributed by atoms with Crippen LogP contribution in [-0.2, 0) is 14.8 Å². The Hall–Kier alpha value is -2.25. The van der Waals surface area contributed by atoms with Crippen LogP contribution in [0.5, 0.6) is 0 Å². The standard InChI is InChI=1S/C16H17FN2O3S/c1-12-7-8-13(17)11-15(12)19-16(20)9-10-18-23(21,22)14-5-3-2-4-6-14/h2-8,11,18H,9-10H2,1H3,(H,19,20). The van der Waals surface area contributed by atoms with E-state index in [4.69, 9.17) is 0 Å². The molecule has 0 spiro atoms. The van der Waals surface area contributed by atoms with E-state index in [1.807, 2.05) is 0 Å². The van der Waals surface area contributed by atoms with Crippen LogP contribution in [0, 0.1) is 12.7 Å². The van der Waals surface area contributed by atoms with Crippen LogP contribution >= 0.6 is 0 Å². The summed E-state index contributed by atoms with van der Waals surface area (Å²) in [5, 5.41) is 2.56. The van der Waals surface area contributed by atoms with E-state index in [1.165, 1.54) is 24.3 Å². The lowest BCUT2D eigenvalue weighted by Crippen LogP contribution is -2.27. The molecule has 0 bridgehead atoms. The number of hydrogen-bond donors (Lipinski definition) is 2. The molecule has 2 aromatic carbocycles. The summed E-state index contributed by atoms with van der Waals surface area (Å²) in [5.74, 6) is -0.842. The fourth-order valence-electron chi connectivity index (χ4n) is 1.92. The van der Waals surface area contributed by atoms with Gasteiger partial charge in [0.1, 0.15) is 5.82 Å². The number of amides is 1. The number of carbonyl (C=O) groups excluding carboxylic acids is 1. The van der Waals surface area contributed by atoms with Gasteiger partial charge in [-0.25, -0.2) is 17.5 Å². The Morgan fingerprint density at radius 3 is 2.52 bits per heavy atom. The second-order valence-electron chi connectivity index (χ2n) is 4.97. The number of aryl methyl sites for hydroxylation is 1. The molecule has 0 aliphatic carbocycles. The van der Waals surface area contributed by atoms with Gasteiger partial charge in [-0.15, -0.1) is 0 Å². The predicted molar refractivity (Wildman–Crippen MR) is 86.0 cm³/mol.